The van der Waals surface area contributed by atoms with Gasteiger partial charge in [0.15, 0.2) is 5.76 Å². The average molecular weight is 241 g/mol. The summed E-state index contributed by atoms with van der Waals surface area (Å²) in [4.78, 5) is 13.6. The van der Waals surface area contributed by atoms with Crippen molar-refractivity contribution in [3.05, 3.63) is 23.7 Å². The third kappa shape index (κ3) is 3.85. The van der Waals surface area contributed by atoms with E-state index in [-0.39, 0.29) is 5.76 Å². The zero-order chi connectivity index (χ0) is 12.7. The van der Waals surface area contributed by atoms with Crippen molar-refractivity contribution >= 4 is 5.91 Å². The van der Waals surface area contributed by atoms with Gasteiger partial charge in [-0.2, -0.15) is 0 Å². The summed E-state index contributed by atoms with van der Waals surface area (Å²) in [6, 6.07) is 1.78. The summed E-state index contributed by atoms with van der Waals surface area (Å²) in [6.45, 7) is 5.03. The fraction of sp³-hybridized carbons (Fsp3) is 0.545. The Bertz CT molecular complexity index is 351. The first kappa shape index (κ1) is 13.7. The summed E-state index contributed by atoms with van der Waals surface area (Å²) in [7, 11) is 1.67. The van der Waals surface area contributed by atoms with Crippen molar-refractivity contribution in [1.82, 2.24) is 10.3 Å². The lowest BCUT2D eigenvalue weighted by atomic mass is 10.2. The molecule has 0 aliphatic rings. The SMILES string of the molecule is CCN(CCOC)Cc1ccoc1C(=O)NN. The normalized spacial score (nSPS) is 10.8. The third-order valence-electron chi connectivity index (χ3n) is 2.54. The standard InChI is InChI=1S/C11H19N3O3/c1-3-14(5-7-16-2)8-9-4-6-17-10(9)11(15)13-12/h4,6H,3,5,7-8,12H2,1-2H3,(H,13,15). The minimum atomic E-state index is -0.409. The fourth-order valence-corrected chi connectivity index (χ4v) is 1.54. The Morgan fingerprint density at radius 2 is 2.41 bits per heavy atom. The second kappa shape index (κ2) is 7.05. The van der Waals surface area contributed by atoms with Crippen molar-refractivity contribution in [2.24, 2.45) is 5.84 Å². The van der Waals surface area contributed by atoms with Gasteiger partial charge in [-0.25, -0.2) is 5.84 Å². The van der Waals surface area contributed by atoms with Gasteiger partial charge in [-0.15, -0.1) is 0 Å². The average Bonchev–Trinajstić information content (AvgIpc) is 2.81. The van der Waals surface area contributed by atoms with Crippen LogP contribution >= 0.6 is 0 Å². The molecule has 6 heteroatoms. The largest absolute Gasteiger partial charge is 0.459 e. The third-order valence-corrected chi connectivity index (χ3v) is 2.54. The van der Waals surface area contributed by atoms with E-state index in [0.29, 0.717) is 13.2 Å². The highest BCUT2D eigenvalue weighted by atomic mass is 16.5. The molecule has 0 radical (unpaired) electrons. The number of hydrazine groups is 1. The summed E-state index contributed by atoms with van der Waals surface area (Å²) in [6.07, 6.45) is 1.49. The number of carbonyl (C=O) groups is 1. The van der Waals surface area contributed by atoms with Gasteiger partial charge < -0.3 is 9.15 Å². The van der Waals surface area contributed by atoms with Crippen molar-refractivity contribution in [2.45, 2.75) is 13.5 Å². The molecule has 1 amide bonds. The van der Waals surface area contributed by atoms with Gasteiger partial charge in [-0.3, -0.25) is 15.1 Å². The fourth-order valence-electron chi connectivity index (χ4n) is 1.54. The Kier molecular flexibility index (Phi) is 5.68. The molecule has 17 heavy (non-hydrogen) atoms. The van der Waals surface area contributed by atoms with Gasteiger partial charge >= 0.3 is 5.91 Å². The molecule has 6 nitrogen and oxygen atoms in total. The van der Waals surface area contributed by atoms with E-state index in [1.165, 1.54) is 6.26 Å². The van der Waals surface area contributed by atoms with Gasteiger partial charge in [0.05, 0.1) is 12.9 Å². The van der Waals surface area contributed by atoms with Crippen LogP contribution in [0, 0.1) is 0 Å². The lowest BCUT2D eigenvalue weighted by molar-refractivity contribution is 0.0922. The van der Waals surface area contributed by atoms with Crippen LogP contribution in [0.5, 0.6) is 0 Å². The summed E-state index contributed by atoms with van der Waals surface area (Å²) >= 11 is 0. The highest BCUT2D eigenvalue weighted by Gasteiger charge is 2.16. The number of ether oxygens (including phenoxy) is 1. The number of rotatable bonds is 7. The molecule has 0 bridgehead atoms. The summed E-state index contributed by atoms with van der Waals surface area (Å²) in [5.74, 6) is 4.94. The second-order valence-electron chi connectivity index (χ2n) is 3.61. The molecule has 0 aliphatic heterocycles. The summed E-state index contributed by atoms with van der Waals surface area (Å²) < 4.78 is 10.1. The van der Waals surface area contributed by atoms with E-state index in [1.807, 2.05) is 0 Å². The van der Waals surface area contributed by atoms with Crippen LogP contribution in [-0.4, -0.2) is 37.6 Å². The van der Waals surface area contributed by atoms with Crippen molar-refractivity contribution < 1.29 is 13.9 Å². The Labute approximate surface area is 101 Å². The van der Waals surface area contributed by atoms with Gasteiger partial charge in [-0.1, -0.05) is 6.92 Å². The molecule has 0 spiro atoms. The maximum absolute atomic E-state index is 11.4. The van der Waals surface area contributed by atoms with E-state index in [1.54, 1.807) is 13.2 Å². The Balaban J connectivity index is 2.66. The molecule has 0 atom stereocenters. The van der Waals surface area contributed by atoms with Crippen LogP contribution in [0.3, 0.4) is 0 Å². The second-order valence-corrected chi connectivity index (χ2v) is 3.61. The van der Waals surface area contributed by atoms with E-state index in [2.05, 4.69) is 17.2 Å². The van der Waals surface area contributed by atoms with E-state index in [0.717, 1.165) is 18.7 Å². The molecular formula is C11H19N3O3. The van der Waals surface area contributed by atoms with Crippen LogP contribution < -0.4 is 11.3 Å². The highest BCUT2D eigenvalue weighted by Crippen LogP contribution is 2.13. The van der Waals surface area contributed by atoms with E-state index in [9.17, 15) is 4.79 Å². The van der Waals surface area contributed by atoms with E-state index >= 15 is 0 Å². The number of likely N-dealkylation sites (N-methyl/N-ethyl adjacent to an activating group) is 1. The number of nitrogen functional groups attached to an aromatic ring is 1. The van der Waals surface area contributed by atoms with Crippen LogP contribution in [-0.2, 0) is 11.3 Å². The molecule has 1 aromatic heterocycles. The number of nitrogens with zero attached hydrogens (tertiary/aromatic N) is 1. The maximum atomic E-state index is 11.4. The Morgan fingerprint density at radius 1 is 1.65 bits per heavy atom. The van der Waals surface area contributed by atoms with Crippen LogP contribution in [0.4, 0.5) is 0 Å². The first-order valence-electron chi connectivity index (χ1n) is 5.51. The van der Waals surface area contributed by atoms with Gasteiger partial charge in [0.1, 0.15) is 0 Å². The number of amides is 1. The topological polar surface area (TPSA) is 80.7 Å². The molecule has 0 aromatic carbocycles. The van der Waals surface area contributed by atoms with Crippen molar-refractivity contribution in [1.29, 1.82) is 0 Å². The van der Waals surface area contributed by atoms with Crippen LogP contribution in [0.15, 0.2) is 16.7 Å². The molecule has 96 valence electrons. The number of furan rings is 1. The smallest absolute Gasteiger partial charge is 0.301 e. The van der Waals surface area contributed by atoms with Crippen molar-refractivity contribution in [3.63, 3.8) is 0 Å². The monoisotopic (exact) mass is 241 g/mol. The van der Waals surface area contributed by atoms with Crippen LogP contribution in [0.2, 0.25) is 0 Å². The van der Waals surface area contributed by atoms with E-state index in [4.69, 9.17) is 15.0 Å². The number of nitrogens with two attached hydrogens (primary N) is 1. The molecule has 3 N–H and O–H groups in total. The molecule has 0 unspecified atom stereocenters. The van der Waals surface area contributed by atoms with Crippen LogP contribution in [0.25, 0.3) is 0 Å². The zero-order valence-corrected chi connectivity index (χ0v) is 10.2. The quantitative estimate of drug-likeness (QED) is 0.409. The number of hydrogen-bond acceptors (Lipinski definition) is 5. The predicted octanol–water partition coefficient (Wildman–Crippen LogP) is 0.351. The van der Waals surface area contributed by atoms with Crippen molar-refractivity contribution in [2.75, 3.05) is 26.8 Å². The number of methoxy groups -OCH3 is 1. The molecule has 0 aliphatic carbocycles. The molecule has 1 heterocycles. The van der Waals surface area contributed by atoms with Gasteiger partial charge in [0, 0.05) is 25.8 Å². The lowest BCUT2D eigenvalue weighted by Gasteiger charge is -2.19. The van der Waals surface area contributed by atoms with Crippen molar-refractivity contribution in [3.8, 4) is 0 Å². The Morgan fingerprint density at radius 3 is 3.00 bits per heavy atom. The molecule has 1 aromatic rings. The van der Waals surface area contributed by atoms with Gasteiger partial charge in [-0.05, 0) is 12.6 Å². The summed E-state index contributed by atoms with van der Waals surface area (Å²) in [5, 5.41) is 0. The molecule has 0 saturated carbocycles. The van der Waals surface area contributed by atoms with Gasteiger partial charge in [0.2, 0.25) is 0 Å². The number of carbonyl (C=O) groups excluding carboxylic acids is 1. The number of hydrogen-bond donors (Lipinski definition) is 2. The highest BCUT2D eigenvalue weighted by molar-refractivity contribution is 5.92. The molecule has 0 fully saturated rings. The lowest BCUT2D eigenvalue weighted by Crippen LogP contribution is -2.32. The zero-order valence-electron chi connectivity index (χ0n) is 10.2. The first-order valence-corrected chi connectivity index (χ1v) is 5.51. The predicted molar refractivity (Wildman–Crippen MR) is 63.2 cm³/mol. The summed E-state index contributed by atoms with van der Waals surface area (Å²) in [5.41, 5.74) is 2.89. The Hall–Kier alpha value is -1.37. The van der Waals surface area contributed by atoms with Crippen LogP contribution in [0.1, 0.15) is 23.0 Å². The van der Waals surface area contributed by atoms with Gasteiger partial charge in [0.25, 0.3) is 0 Å². The molecule has 0 saturated heterocycles. The molecular weight excluding hydrogens is 222 g/mol. The number of nitrogens with one attached hydrogen (secondary N) is 1. The molecule has 1 rings (SSSR count). The van der Waals surface area contributed by atoms with E-state index < -0.39 is 5.91 Å². The minimum absolute atomic E-state index is 0.267. The maximum Gasteiger partial charge on any atom is 0.301 e. The first-order chi connectivity index (χ1) is 8.22. The minimum Gasteiger partial charge on any atom is -0.459 e.